The van der Waals surface area contributed by atoms with Gasteiger partial charge in [-0.2, -0.15) is 5.10 Å². The number of rotatable bonds is 4. The van der Waals surface area contributed by atoms with E-state index in [2.05, 4.69) is 34.5 Å². The summed E-state index contributed by atoms with van der Waals surface area (Å²) in [5.41, 5.74) is 2.45. The maximum Gasteiger partial charge on any atom is 0.206 e. The standard InChI is InChI=1S/C16H19N3S2/c1-2-10-17-16-19(18-13-7-4-3-5-8-13)14(12-21-16)15-9-6-11-20-15/h2,6,9,11-12H,1,3-5,7-8,10H2. The van der Waals surface area contributed by atoms with Gasteiger partial charge >= 0.3 is 0 Å². The lowest BCUT2D eigenvalue weighted by molar-refractivity contribution is 0.655. The lowest BCUT2D eigenvalue weighted by atomic mass is 9.99. The smallest absolute Gasteiger partial charge is 0.206 e. The first-order valence-electron chi connectivity index (χ1n) is 7.31. The molecule has 1 fully saturated rings. The second kappa shape index (κ2) is 7.00. The zero-order chi connectivity index (χ0) is 14.5. The van der Waals surface area contributed by atoms with Crippen molar-refractivity contribution >= 4 is 28.4 Å². The number of hydrogen-bond donors (Lipinski definition) is 0. The van der Waals surface area contributed by atoms with Gasteiger partial charge in [-0.1, -0.05) is 18.6 Å². The van der Waals surface area contributed by atoms with E-state index in [9.17, 15) is 0 Å². The van der Waals surface area contributed by atoms with E-state index in [1.165, 1.54) is 29.9 Å². The van der Waals surface area contributed by atoms with Gasteiger partial charge in [-0.05, 0) is 37.1 Å². The molecule has 1 saturated carbocycles. The Bertz CT molecular complexity index is 681. The molecule has 0 aromatic carbocycles. The van der Waals surface area contributed by atoms with Crippen LogP contribution in [-0.4, -0.2) is 16.9 Å². The van der Waals surface area contributed by atoms with Crippen LogP contribution in [0.5, 0.6) is 0 Å². The first-order chi connectivity index (χ1) is 10.4. The molecule has 0 atom stereocenters. The lowest BCUT2D eigenvalue weighted by Gasteiger charge is -2.12. The third-order valence-corrected chi connectivity index (χ3v) is 5.23. The number of thiazole rings is 1. The molecule has 110 valence electrons. The van der Waals surface area contributed by atoms with Crippen LogP contribution >= 0.6 is 22.7 Å². The van der Waals surface area contributed by atoms with Gasteiger partial charge in [0.2, 0.25) is 4.80 Å². The Morgan fingerprint density at radius 2 is 2.10 bits per heavy atom. The summed E-state index contributed by atoms with van der Waals surface area (Å²) in [4.78, 5) is 6.78. The number of aromatic nitrogens is 1. The second-order valence-electron chi connectivity index (χ2n) is 5.05. The number of hydrogen-bond acceptors (Lipinski definition) is 4. The molecule has 2 heterocycles. The third-order valence-electron chi connectivity index (χ3n) is 3.49. The van der Waals surface area contributed by atoms with Gasteiger partial charge in [-0.15, -0.1) is 29.3 Å². The van der Waals surface area contributed by atoms with Crippen LogP contribution in [0.1, 0.15) is 32.1 Å². The van der Waals surface area contributed by atoms with Crippen LogP contribution in [0.2, 0.25) is 0 Å². The maximum absolute atomic E-state index is 4.91. The fraction of sp³-hybridized carbons (Fsp3) is 0.375. The van der Waals surface area contributed by atoms with Crippen LogP contribution in [-0.2, 0) is 0 Å². The number of nitrogens with zero attached hydrogens (tertiary/aromatic N) is 3. The molecule has 0 aliphatic heterocycles. The molecule has 5 heteroatoms. The Morgan fingerprint density at radius 1 is 1.24 bits per heavy atom. The highest BCUT2D eigenvalue weighted by atomic mass is 32.1. The molecule has 0 unspecified atom stereocenters. The van der Waals surface area contributed by atoms with Crippen molar-refractivity contribution in [2.24, 2.45) is 10.1 Å². The quantitative estimate of drug-likeness (QED) is 0.741. The van der Waals surface area contributed by atoms with Crippen LogP contribution in [0.3, 0.4) is 0 Å². The molecule has 2 aromatic rings. The van der Waals surface area contributed by atoms with Gasteiger partial charge in [-0.3, -0.25) is 4.99 Å². The van der Waals surface area contributed by atoms with Crippen LogP contribution in [0.15, 0.2) is 45.6 Å². The minimum Gasteiger partial charge on any atom is -0.253 e. The van der Waals surface area contributed by atoms with E-state index in [0.717, 1.165) is 23.3 Å². The normalized spacial score (nSPS) is 16.2. The van der Waals surface area contributed by atoms with Gasteiger partial charge < -0.3 is 0 Å². The zero-order valence-electron chi connectivity index (χ0n) is 12.0. The summed E-state index contributed by atoms with van der Waals surface area (Å²) < 4.78 is 2.03. The van der Waals surface area contributed by atoms with Crippen molar-refractivity contribution in [3.05, 3.63) is 40.3 Å². The van der Waals surface area contributed by atoms with Crippen LogP contribution in [0.25, 0.3) is 10.6 Å². The molecular weight excluding hydrogens is 298 g/mol. The summed E-state index contributed by atoms with van der Waals surface area (Å²) in [7, 11) is 0. The summed E-state index contributed by atoms with van der Waals surface area (Å²) in [5, 5.41) is 9.17. The van der Waals surface area contributed by atoms with E-state index in [4.69, 9.17) is 5.10 Å². The summed E-state index contributed by atoms with van der Waals surface area (Å²) in [6, 6.07) is 4.22. The average Bonchev–Trinajstić information content (AvgIpc) is 3.16. The molecule has 0 spiro atoms. The van der Waals surface area contributed by atoms with Crippen molar-refractivity contribution in [2.45, 2.75) is 32.1 Å². The molecule has 1 aliphatic carbocycles. The predicted molar refractivity (Wildman–Crippen MR) is 92.2 cm³/mol. The minimum atomic E-state index is 0.634. The molecule has 0 bridgehead atoms. The van der Waals surface area contributed by atoms with Gasteiger partial charge in [0.15, 0.2) is 0 Å². The Labute approximate surface area is 133 Å². The van der Waals surface area contributed by atoms with Crippen molar-refractivity contribution in [1.82, 2.24) is 4.68 Å². The topological polar surface area (TPSA) is 29.6 Å². The van der Waals surface area contributed by atoms with E-state index in [1.807, 2.05) is 10.8 Å². The maximum atomic E-state index is 4.91. The third kappa shape index (κ3) is 3.41. The van der Waals surface area contributed by atoms with Crippen LogP contribution in [0, 0.1) is 0 Å². The van der Waals surface area contributed by atoms with Gasteiger partial charge in [0.1, 0.15) is 0 Å². The summed E-state index contributed by atoms with van der Waals surface area (Å²) in [6.07, 6.45) is 7.91. The van der Waals surface area contributed by atoms with E-state index in [1.54, 1.807) is 22.7 Å². The summed E-state index contributed by atoms with van der Waals surface area (Å²) >= 11 is 3.40. The lowest BCUT2D eigenvalue weighted by Crippen LogP contribution is -2.16. The first-order valence-corrected chi connectivity index (χ1v) is 9.07. The Kier molecular flexibility index (Phi) is 4.83. The van der Waals surface area contributed by atoms with Gasteiger partial charge in [0, 0.05) is 11.1 Å². The summed E-state index contributed by atoms with van der Waals surface area (Å²) in [6.45, 7) is 4.38. The van der Waals surface area contributed by atoms with Gasteiger partial charge in [0.25, 0.3) is 0 Å². The monoisotopic (exact) mass is 317 g/mol. The van der Waals surface area contributed by atoms with Crippen molar-refractivity contribution in [1.29, 1.82) is 0 Å². The highest BCUT2D eigenvalue weighted by Crippen LogP contribution is 2.25. The van der Waals surface area contributed by atoms with E-state index < -0.39 is 0 Å². The Hall–Kier alpha value is -1.46. The molecule has 0 N–H and O–H groups in total. The largest absolute Gasteiger partial charge is 0.253 e. The molecule has 0 saturated heterocycles. The van der Waals surface area contributed by atoms with Crippen molar-refractivity contribution in [3.63, 3.8) is 0 Å². The molecule has 1 aliphatic rings. The van der Waals surface area contributed by atoms with E-state index in [0.29, 0.717) is 6.54 Å². The van der Waals surface area contributed by atoms with Crippen LogP contribution in [0.4, 0.5) is 0 Å². The van der Waals surface area contributed by atoms with E-state index >= 15 is 0 Å². The molecule has 0 radical (unpaired) electrons. The second-order valence-corrected chi connectivity index (χ2v) is 6.83. The molecule has 3 rings (SSSR count). The Balaban J connectivity index is 2.05. The Morgan fingerprint density at radius 3 is 2.81 bits per heavy atom. The predicted octanol–water partition coefficient (Wildman–Crippen LogP) is 4.53. The van der Waals surface area contributed by atoms with Crippen molar-refractivity contribution in [2.75, 3.05) is 6.54 Å². The first kappa shape index (κ1) is 14.5. The molecule has 0 amide bonds. The fourth-order valence-electron chi connectivity index (χ4n) is 2.44. The number of thiophene rings is 1. The highest BCUT2D eigenvalue weighted by molar-refractivity contribution is 7.14. The molecule has 21 heavy (non-hydrogen) atoms. The van der Waals surface area contributed by atoms with Crippen molar-refractivity contribution in [3.8, 4) is 10.6 Å². The molecule has 2 aromatic heterocycles. The SMILES string of the molecule is C=CCN=c1scc(-c2cccs2)n1N=C1CCCCC1. The fourth-order valence-corrected chi connectivity index (χ4v) is 4.08. The summed E-state index contributed by atoms with van der Waals surface area (Å²) in [5.74, 6) is 0. The minimum absolute atomic E-state index is 0.634. The van der Waals surface area contributed by atoms with Gasteiger partial charge in [0.05, 0.1) is 17.1 Å². The van der Waals surface area contributed by atoms with Crippen LogP contribution < -0.4 is 4.80 Å². The molecule has 3 nitrogen and oxygen atoms in total. The van der Waals surface area contributed by atoms with Crippen molar-refractivity contribution < 1.29 is 0 Å². The highest BCUT2D eigenvalue weighted by Gasteiger charge is 2.11. The van der Waals surface area contributed by atoms with E-state index in [-0.39, 0.29) is 0 Å². The van der Waals surface area contributed by atoms with Gasteiger partial charge in [-0.25, -0.2) is 4.68 Å². The molecular formula is C16H19N3S2. The zero-order valence-corrected chi connectivity index (χ0v) is 13.6. The average molecular weight is 317 g/mol.